The second-order valence-electron chi connectivity index (χ2n) is 4.32. The molecule has 1 aromatic rings. The lowest BCUT2D eigenvalue weighted by Crippen LogP contribution is -2.36. The van der Waals surface area contributed by atoms with Gasteiger partial charge in [0.05, 0.1) is 0 Å². The summed E-state index contributed by atoms with van der Waals surface area (Å²) in [6.45, 7) is 6.51. The van der Waals surface area contributed by atoms with Crippen molar-refractivity contribution < 1.29 is 17.5 Å². The maximum absolute atomic E-state index is 8.74. The van der Waals surface area contributed by atoms with Gasteiger partial charge in [-0.1, -0.05) is 45.0 Å². The van der Waals surface area contributed by atoms with Gasteiger partial charge < -0.3 is 5.73 Å². The SMILES string of the molecule is CCc1ccccc1C(N)(CC)CC.O=S(=O)(O)O. The minimum Gasteiger partial charge on any atom is -0.321 e. The standard InChI is InChI=1S/C13H21N.H2O4S/c1-4-11-9-7-8-10-12(11)13(14,5-2)6-3;1-5(2,3)4/h7-10H,4-6,14H2,1-3H3;(H2,1,2,3,4). The molecule has 0 saturated carbocycles. The fourth-order valence-corrected chi connectivity index (χ4v) is 1.95. The summed E-state index contributed by atoms with van der Waals surface area (Å²) >= 11 is 0. The highest BCUT2D eigenvalue weighted by Crippen LogP contribution is 2.28. The van der Waals surface area contributed by atoms with Crippen LogP contribution in [0.25, 0.3) is 0 Å². The van der Waals surface area contributed by atoms with Crippen LogP contribution in [-0.4, -0.2) is 17.5 Å². The van der Waals surface area contributed by atoms with Crippen molar-refractivity contribution in [2.75, 3.05) is 0 Å². The molecular weight excluding hydrogens is 266 g/mol. The molecule has 1 rings (SSSR count). The van der Waals surface area contributed by atoms with Crippen LogP contribution in [0.4, 0.5) is 0 Å². The van der Waals surface area contributed by atoms with Gasteiger partial charge in [0.1, 0.15) is 0 Å². The monoisotopic (exact) mass is 289 g/mol. The molecule has 110 valence electrons. The zero-order valence-electron chi connectivity index (χ0n) is 11.6. The molecule has 19 heavy (non-hydrogen) atoms. The fourth-order valence-electron chi connectivity index (χ4n) is 1.95. The van der Waals surface area contributed by atoms with Crippen molar-refractivity contribution in [2.45, 2.75) is 45.6 Å². The van der Waals surface area contributed by atoms with Crippen LogP contribution in [0.1, 0.15) is 44.7 Å². The number of benzene rings is 1. The molecule has 0 heterocycles. The van der Waals surface area contributed by atoms with Gasteiger partial charge in [0, 0.05) is 5.54 Å². The Balaban J connectivity index is 0.000000555. The van der Waals surface area contributed by atoms with Crippen LogP contribution >= 0.6 is 0 Å². The van der Waals surface area contributed by atoms with Crippen molar-refractivity contribution in [3.63, 3.8) is 0 Å². The van der Waals surface area contributed by atoms with E-state index in [4.69, 9.17) is 23.3 Å². The topological polar surface area (TPSA) is 101 Å². The van der Waals surface area contributed by atoms with Crippen LogP contribution in [0.2, 0.25) is 0 Å². The zero-order chi connectivity index (χ0) is 15.1. The molecule has 0 aromatic heterocycles. The Morgan fingerprint density at radius 3 is 1.89 bits per heavy atom. The molecule has 5 nitrogen and oxygen atoms in total. The normalized spacial score (nSPS) is 11.7. The largest absolute Gasteiger partial charge is 0.394 e. The van der Waals surface area contributed by atoms with Gasteiger partial charge in [-0.2, -0.15) is 8.42 Å². The quantitative estimate of drug-likeness (QED) is 0.740. The van der Waals surface area contributed by atoms with E-state index in [-0.39, 0.29) is 5.54 Å². The predicted molar refractivity (Wildman–Crippen MR) is 76.4 cm³/mol. The Hall–Kier alpha value is -0.950. The maximum atomic E-state index is 8.74. The Morgan fingerprint density at radius 1 is 1.11 bits per heavy atom. The molecule has 0 amide bonds. The molecule has 0 aliphatic heterocycles. The Bertz CT molecular complexity index is 473. The van der Waals surface area contributed by atoms with Crippen LogP contribution < -0.4 is 5.73 Å². The molecule has 0 aliphatic carbocycles. The maximum Gasteiger partial charge on any atom is 0.394 e. The van der Waals surface area contributed by atoms with E-state index in [0.29, 0.717) is 0 Å². The third-order valence-corrected chi connectivity index (χ3v) is 3.20. The molecular formula is C13H23NO4S. The van der Waals surface area contributed by atoms with Crippen molar-refractivity contribution in [1.29, 1.82) is 0 Å². The summed E-state index contributed by atoms with van der Waals surface area (Å²) in [5.74, 6) is 0. The summed E-state index contributed by atoms with van der Waals surface area (Å²) in [5, 5.41) is 0. The van der Waals surface area contributed by atoms with E-state index in [1.165, 1.54) is 11.1 Å². The van der Waals surface area contributed by atoms with E-state index in [2.05, 4.69) is 45.0 Å². The third-order valence-electron chi connectivity index (χ3n) is 3.20. The number of nitrogens with two attached hydrogens (primary N) is 1. The number of aryl methyl sites for hydroxylation is 1. The summed E-state index contributed by atoms with van der Waals surface area (Å²) in [4.78, 5) is 0. The van der Waals surface area contributed by atoms with Gasteiger partial charge >= 0.3 is 10.4 Å². The number of hydrogen-bond acceptors (Lipinski definition) is 3. The van der Waals surface area contributed by atoms with Gasteiger partial charge in [-0.3, -0.25) is 9.11 Å². The minimum absolute atomic E-state index is 0.132. The summed E-state index contributed by atoms with van der Waals surface area (Å²) < 4.78 is 31.6. The average molecular weight is 289 g/mol. The van der Waals surface area contributed by atoms with E-state index in [9.17, 15) is 0 Å². The highest BCUT2D eigenvalue weighted by atomic mass is 32.3. The molecule has 1 aromatic carbocycles. The second-order valence-corrected chi connectivity index (χ2v) is 5.22. The van der Waals surface area contributed by atoms with Crippen LogP contribution in [0.5, 0.6) is 0 Å². The van der Waals surface area contributed by atoms with Gasteiger partial charge in [-0.25, -0.2) is 0 Å². The Morgan fingerprint density at radius 2 is 1.53 bits per heavy atom. The summed E-state index contributed by atoms with van der Waals surface area (Å²) in [6.07, 6.45) is 3.07. The van der Waals surface area contributed by atoms with Crippen LogP contribution in [0.3, 0.4) is 0 Å². The van der Waals surface area contributed by atoms with Crippen molar-refractivity contribution in [3.8, 4) is 0 Å². The van der Waals surface area contributed by atoms with Gasteiger partial charge in [0.2, 0.25) is 0 Å². The number of hydrogen-bond donors (Lipinski definition) is 3. The smallest absolute Gasteiger partial charge is 0.321 e. The molecule has 0 radical (unpaired) electrons. The highest BCUT2D eigenvalue weighted by molar-refractivity contribution is 7.79. The minimum atomic E-state index is -4.67. The van der Waals surface area contributed by atoms with E-state index in [1.54, 1.807) is 0 Å². The lowest BCUT2D eigenvalue weighted by atomic mass is 9.82. The van der Waals surface area contributed by atoms with Gasteiger partial charge in [-0.15, -0.1) is 0 Å². The first kappa shape index (κ1) is 18.0. The van der Waals surface area contributed by atoms with Crippen LogP contribution in [0, 0.1) is 0 Å². The van der Waals surface area contributed by atoms with Gasteiger partial charge in [0.15, 0.2) is 0 Å². The lowest BCUT2D eigenvalue weighted by molar-refractivity contribution is 0.381. The lowest BCUT2D eigenvalue weighted by Gasteiger charge is -2.29. The van der Waals surface area contributed by atoms with E-state index in [0.717, 1.165) is 19.3 Å². The fraction of sp³-hybridized carbons (Fsp3) is 0.538. The van der Waals surface area contributed by atoms with Crippen molar-refractivity contribution in [2.24, 2.45) is 5.73 Å². The molecule has 4 N–H and O–H groups in total. The summed E-state index contributed by atoms with van der Waals surface area (Å²) in [7, 11) is -4.67. The Labute approximate surface area is 115 Å². The molecule has 0 unspecified atom stereocenters. The van der Waals surface area contributed by atoms with Crippen molar-refractivity contribution in [1.82, 2.24) is 0 Å². The molecule has 0 atom stereocenters. The first-order valence-electron chi connectivity index (χ1n) is 6.25. The first-order valence-corrected chi connectivity index (χ1v) is 7.64. The summed E-state index contributed by atoms with van der Waals surface area (Å²) in [5.41, 5.74) is 8.98. The van der Waals surface area contributed by atoms with E-state index in [1.807, 2.05) is 0 Å². The zero-order valence-corrected chi connectivity index (χ0v) is 12.4. The molecule has 0 aliphatic rings. The predicted octanol–water partition coefficient (Wildman–Crippen LogP) is 2.57. The average Bonchev–Trinajstić information content (AvgIpc) is 2.36. The van der Waals surface area contributed by atoms with Crippen molar-refractivity contribution in [3.05, 3.63) is 35.4 Å². The van der Waals surface area contributed by atoms with E-state index >= 15 is 0 Å². The van der Waals surface area contributed by atoms with Crippen molar-refractivity contribution >= 4 is 10.4 Å². The van der Waals surface area contributed by atoms with Gasteiger partial charge in [-0.05, 0) is 30.4 Å². The molecule has 6 heteroatoms. The van der Waals surface area contributed by atoms with Crippen LogP contribution in [0.15, 0.2) is 24.3 Å². The Kier molecular flexibility index (Phi) is 7.21. The van der Waals surface area contributed by atoms with E-state index < -0.39 is 10.4 Å². The first-order chi connectivity index (χ1) is 8.68. The van der Waals surface area contributed by atoms with Crippen LogP contribution in [-0.2, 0) is 22.4 Å². The number of rotatable bonds is 4. The molecule has 0 spiro atoms. The summed E-state index contributed by atoms with van der Waals surface area (Å²) in [6, 6.07) is 8.53. The molecule has 0 bridgehead atoms. The molecule has 0 saturated heterocycles. The molecule has 0 fully saturated rings. The third kappa shape index (κ3) is 6.68. The van der Waals surface area contributed by atoms with Gasteiger partial charge in [0.25, 0.3) is 0 Å². The highest BCUT2D eigenvalue weighted by Gasteiger charge is 2.24. The second kappa shape index (κ2) is 7.59.